The molecule has 5 aromatic rings. The predicted octanol–water partition coefficient (Wildman–Crippen LogP) is 5.44. The Kier molecular flexibility index (Phi) is 3.22. The van der Waals surface area contributed by atoms with Crippen molar-refractivity contribution in [1.29, 1.82) is 0 Å². The Morgan fingerprint density at radius 1 is 0.720 bits per heavy atom. The van der Waals surface area contributed by atoms with Crippen LogP contribution in [0.3, 0.4) is 0 Å². The third kappa shape index (κ3) is 2.28. The van der Waals surface area contributed by atoms with E-state index in [9.17, 15) is 0 Å². The number of rotatable bonds is 2. The Morgan fingerprint density at radius 3 is 2.04 bits per heavy atom. The number of hydrogen-bond acceptors (Lipinski definition) is 2. The van der Waals surface area contributed by atoms with E-state index >= 15 is 0 Å². The van der Waals surface area contributed by atoms with Crippen molar-refractivity contribution in [2.24, 2.45) is 0 Å². The van der Waals surface area contributed by atoms with Gasteiger partial charge in [-0.25, -0.2) is 4.68 Å². The highest BCUT2D eigenvalue weighted by Crippen LogP contribution is 2.33. The summed E-state index contributed by atoms with van der Waals surface area (Å²) in [7, 11) is 0. The highest BCUT2D eigenvalue weighted by molar-refractivity contribution is 6.30. The molecule has 0 atom stereocenters. The van der Waals surface area contributed by atoms with Crippen LogP contribution in [-0.2, 0) is 6.54 Å². The van der Waals surface area contributed by atoms with E-state index in [4.69, 9.17) is 11.6 Å². The van der Waals surface area contributed by atoms with E-state index in [0.717, 1.165) is 27.0 Å². The molecule has 0 radical (unpaired) electrons. The van der Waals surface area contributed by atoms with Gasteiger partial charge in [-0.1, -0.05) is 77.5 Å². The first-order valence-electron chi connectivity index (χ1n) is 8.18. The molecule has 120 valence electrons. The van der Waals surface area contributed by atoms with Gasteiger partial charge in [0.25, 0.3) is 0 Å². The maximum absolute atomic E-state index is 6.00. The first-order valence-corrected chi connectivity index (χ1v) is 8.56. The fraction of sp³-hybridized carbons (Fsp3) is 0.0476. The van der Waals surface area contributed by atoms with Crippen molar-refractivity contribution in [3.63, 3.8) is 0 Å². The fourth-order valence-corrected chi connectivity index (χ4v) is 3.61. The summed E-state index contributed by atoms with van der Waals surface area (Å²) in [6.07, 6.45) is 0. The van der Waals surface area contributed by atoms with Crippen LogP contribution in [0.1, 0.15) is 5.56 Å². The zero-order chi connectivity index (χ0) is 16.8. The lowest BCUT2D eigenvalue weighted by molar-refractivity contribution is 0.671. The standard InChI is InChI=1S/C21H14ClN3/c22-15-11-9-14(10-12-15)13-25-21-19-8-4-2-6-17(19)16-5-1-3-7-18(16)20(21)23-24-25/h1-12H,13H2. The van der Waals surface area contributed by atoms with Gasteiger partial charge in [0.05, 0.1) is 12.1 Å². The SMILES string of the molecule is Clc1ccc(Cn2nnc3c4ccccc4c4ccccc4c32)cc1. The number of nitrogens with zero attached hydrogens (tertiary/aromatic N) is 3. The zero-order valence-electron chi connectivity index (χ0n) is 13.4. The molecule has 25 heavy (non-hydrogen) atoms. The topological polar surface area (TPSA) is 30.7 Å². The van der Waals surface area contributed by atoms with E-state index in [2.05, 4.69) is 58.8 Å². The van der Waals surface area contributed by atoms with Crippen molar-refractivity contribution >= 4 is 44.2 Å². The van der Waals surface area contributed by atoms with Crippen LogP contribution >= 0.6 is 11.6 Å². The average Bonchev–Trinajstić information content (AvgIpc) is 3.08. The van der Waals surface area contributed by atoms with Crippen LogP contribution in [0, 0.1) is 0 Å². The molecule has 0 saturated heterocycles. The molecule has 4 heteroatoms. The largest absolute Gasteiger partial charge is 0.240 e. The highest BCUT2D eigenvalue weighted by Gasteiger charge is 2.14. The van der Waals surface area contributed by atoms with Crippen LogP contribution in [0.4, 0.5) is 0 Å². The molecular formula is C21H14ClN3. The van der Waals surface area contributed by atoms with Crippen molar-refractivity contribution in [3.8, 4) is 0 Å². The normalized spacial score (nSPS) is 11.6. The van der Waals surface area contributed by atoms with E-state index < -0.39 is 0 Å². The van der Waals surface area contributed by atoms with Gasteiger partial charge in [-0.15, -0.1) is 5.10 Å². The van der Waals surface area contributed by atoms with E-state index in [1.165, 1.54) is 16.2 Å². The molecule has 0 N–H and O–H groups in total. The molecule has 5 rings (SSSR count). The lowest BCUT2D eigenvalue weighted by Crippen LogP contribution is -2.02. The maximum atomic E-state index is 6.00. The molecule has 0 saturated carbocycles. The minimum absolute atomic E-state index is 0.663. The van der Waals surface area contributed by atoms with Crippen molar-refractivity contribution in [2.45, 2.75) is 6.54 Å². The predicted molar refractivity (Wildman–Crippen MR) is 103 cm³/mol. The molecule has 1 heterocycles. The molecule has 0 aliphatic heterocycles. The zero-order valence-corrected chi connectivity index (χ0v) is 14.1. The molecular weight excluding hydrogens is 330 g/mol. The van der Waals surface area contributed by atoms with Crippen molar-refractivity contribution < 1.29 is 0 Å². The minimum Gasteiger partial charge on any atom is -0.240 e. The first kappa shape index (κ1) is 14.4. The third-order valence-electron chi connectivity index (χ3n) is 4.64. The molecule has 0 spiro atoms. The maximum Gasteiger partial charge on any atom is 0.121 e. The van der Waals surface area contributed by atoms with Crippen molar-refractivity contribution in [3.05, 3.63) is 83.4 Å². The second-order valence-electron chi connectivity index (χ2n) is 6.16. The van der Waals surface area contributed by atoms with Gasteiger partial charge in [0.1, 0.15) is 5.52 Å². The van der Waals surface area contributed by atoms with E-state index in [-0.39, 0.29) is 0 Å². The molecule has 0 unspecified atom stereocenters. The minimum atomic E-state index is 0.663. The van der Waals surface area contributed by atoms with Crippen LogP contribution in [0.25, 0.3) is 32.6 Å². The Bertz CT molecular complexity index is 1220. The second kappa shape index (κ2) is 5.57. The number of fused-ring (bicyclic) bond motifs is 6. The van der Waals surface area contributed by atoms with Gasteiger partial charge in [0, 0.05) is 15.8 Å². The molecule has 1 aromatic heterocycles. The van der Waals surface area contributed by atoms with Crippen LogP contribution in [0.5, 0.6) is 0 Å². The van der Waals surface area contributed by atoms with E-state index in [1.54, 1.807) is 0 Å². The molecule has 0 fully saturated rings. The average molecular weight is 344 g/mol. The van der Waals surface area contributed by atoms with Crippen LogP contribution < -0.4 is 0 Å². The Balaban J connectivity index is 1.83. The lowest BCUT2D eigenvalue weighted by Gasteiger charge is -2.08. The molecule has 3 nitrogen and oxygen atoms in total. The summed E-state index contributed by atoms with van der Waals surface area (Å²) in [6, 6.07) is 24.7. The molecule has 0 aliphatic carbocycles. The summed E-state index contributed by atoms with van der Waals surface area (Å²) in [6.45, 7) is 0.663. The monoisotopic (exact) mass is 343 g/mol. The van der Waals surface area contributed by atoms with Gasteiger partial charge in [-0.3, -0.25) is 0 Å². The fourth-order valence-electron chi connectivity index (χ4n) is 3.48. The van der Waals surface area contributed by atoms with Gasteiger partial charge in [-0.2, -0.15) is 0 Å². The lowest BCUT2D eigenvalue weighted by atomic mass is 10.00. The quantitative estimate of drug-likeness (QED) is 0.399. The summed E-state index contributed by atoms with van der Waals surface area (Å²) in [5.74, 6) is 0. The Labute approximate surface area is 149 Å². The van der Waals surface area contributed by atoms with Gasteiger partial charge in [-0.05, 0) is 28.5 Å². The second-order valence-corrected chi connectivity index (χ2v) is 6.60. The Morgan fingerprint density at radius 2 is 1.32 bits per heavy atom. The Hall–Kier alpha value is -2.91. The summed E-state index contributed by atoms with van der Waals surface area (Å²) < 4.78 is 1.98. The van der Waals surface area contributed by atoms with Crippen LogP contribution in [0.2, 0.25) is 5.02 Å². The number of halogens is 1. The van der Waals surface area contributed by atoms with Crippen LogP contribution in [-0.4, -0.2) is 15.0 Å². The van der Waals surface area contributed by atoms with Gasteiger partial charge in [0.2, 0.25) is 0 Å². The number of hydrogen-bond donors (Lipinski definition) is 0. The number of benzene rings is 4. The smallest absolute Gasteiger partial charge is 0.121 e. The molecule has 4 aromatic carbocycles. The molecule has 0 amide bonds. The third-order valence-corrected chi connectivity index (χ3v) is 4.89. The number of aromatic nitrogens is 3. The van der Waals surface area contributed by atoms with E-state index in [0.29, 0.717) is 6.54 Å². The highest BCUT2D eigenvalue weighted by atomic mass is 35.5. The van der Waals surface area contributed by atoms with Gasteiger partial charge in [0.15, 0.2) is 0 Å². The summed E-state index contributed by atoms with van der Waals surface area (Å²) in [5.41, 5.74) is 3.17. The van der Waals surface area contributed by atoms with Crippen molar-refractivity contribution in [1.82, 2.24) is 15.0 Å². The van der Waals surface area contributed by atoms with Crippen LogP contribution in [0.15, 0.2) is 72.8 Å². The van der Waals surface area contributed by atoms with E-state index in [1.807, 2.05) is 28.9 Å². The van der Waals surface area contributed by atoms with Crippen molar-refractivity contribution in [2.75, 3.05) is 0 Å². The molecule has 0 aliphatic rings. The molecule has 0 bridgehead atoms. The summed E-state index contributed by atoms with van der Waals surface area (Å²) in [5, 5.41) is 14.4. The van der Waals surface area contributed by atoms with Gasteiger partial charge < -0.3 is 0 Å². The first-order chi connectivity index (χ1) is 12.3. The van der Waals surface area contributed by atoms with Gasteiger partial charge >= 0.3 is 0 Å². The summed E-state index contributed by atoms with van der Waals surface area (Å²) in [4.78, 5) is 0. The summed E-state index contributed by atoms with van der Waals surface area (Å²) >= 11 is 6.00.